The van der Waals surface area contributed by atoms with Gasteiger partial charge < -0.3 is 9.47 Å². The van der Waals surface area contributed by atoms with Gasteiger partial charge in [0.25, 0.3) is 0 Å². The van der Waals surface area contributed by atoms with Crippen molar-refractivity contribution in [1.29, 1.82) is 0 Å². The number of esters is 1. The second-order valence-electron chi connectivity index (χ2n) is 5.30. The molecule has 0 aliphatic rings. The Morgan fingerprint density at radius 3 is 2.12 bits per heavy atom. The van der Waals surface area contributed by atoms with Crippen LogP contribution in [0.3, 0.4) is 0 Å². The summed E-state index contributed by atoms with van der Waals surface area (Å²) >= 11 is 0. The molecule has 0 aromatic rings. The molecular weight excluding hydrogens is 216 g/mol. The quantitative estimate of drug-likeness (QED) is 0.436. The second-order valence-corrected chi connectivity index (χ2v) is 5.30. The van der Waals surface area contributed by atoms with Crippen LogP contribution in [0.5, 0.6) is 0 Å². The van der Waals surface area contributed by atoms with Crippen molar-refractivity contribution in [3.8, 4) is 0 Å². The summed E-state index contributed by atoms with van der Waals surface area (Å²) in [7, 11) is 0. The number of ether oxygens (including phenoxy) is 2. The lowest BCUT2D eigenvalue weighted by Gasteiger charge is -2.07. The third-order valence-electron chi connectivity index (χ3n) is 2.47. The molecule has 0 atom stereocenters. The Labute approximate surface area is 106 Å². The van der Waals surface area contributed by atoms with Gasteiger partial charge in [0.15, 0.2) is 0 Å². The normalized spacial score (nSPS) is 11.2. The molecule has 0 rings (SSSR count). The van der Waals surface area contributed by atoms with E-state index in [4.69, 9.17) is 9.47 Å². The molecule has 0 saturated heterocycles. The molecule has 0 aromatic heterocycles. The van der Waals surface area contributed by atoms with Crippen molar-refractivity contribution >= 4 is 5.97 Å². The molecule has 0 N–H and O–H groups in total. The Kier molecular flexibility index (Phi) is 10.2. The fourth-order valence-corrected chi connectivity index (χ4v) is 1.22. The Bertz CT molecular complexity index is 188. The zero-order chi connectivity index (χ0) is 13.1. The summed E-state index contributed by atoms with van der Waals surface area (Å²) in [6.45, 7) is 10.6. The molecule has 0 heterocycles. The van der Waals surface area contributed by atoms with Crippen LogP contribution in [0.2, 0.25) is 0 Å². The molecule has 0 fully saturated rings. The van der Waals surface area contributed by atoms with E-state index in [1.165, 1.54) is 0 Å². The fourth-order valence-electron chi connectivity index (χ4n) is 1.22. The molecule has 0 amide bonds. The molecule has 17 heavy (non-hydrogen) atoms. The van der Waals surface area contributed by atoms with E-state index in [1.807, 2.05) is 0 Å². The summed E-state index contributed by atoms with van der Waals surface area (Å²) < 4.78 is 10.5. The number of hydrogen-bond acceptors (Lipinski definition) is 3. The maximum absolute atomic E-state index is 11.3. The van der Waals surface area contributed by atoms with Crippen LogP contribution in [-0.2, 0) is 14.3 Å². The zero-order valence-corrected chi connectivity index (χ0v) is 11.8. The summed E-state index contributed by atoms with van der Waals surface area (Å²) in [6.07, 6.45) is 3.26. The number of carbonyl (C=O) groups is 1. The molecule has 0 unspecified atom stereocenters. The summed E-state index contributed by atoms with van der Waals surface area (Å²) in [6, 6.07) is 0. The van der Waals surface area contributed by atoms with Gasteiger partial charge in [0.2, 0.25) is 0 Å². The van der Waals surface area contributed by atoms with Gasteiger partial charge in [-0.2, -0.15) is 0 Å². The van der Waals surface area contributed by atoms with E-state index < -0.39 is 0 Å². The van der Waals surface area contributed by atoms with E-state index in [0.717, 1.165) is 25.9 Å². The number of carbonyl (C=O) groups excluding carboxylic acids is 1. The molecular formula is C14H28O3. The monoisotopic (exact) mass is 244 g/mol. The largest absolute Gasteiger partial charge is 0.466 e. The minimum atomic E-state index is -0.0990. The van der Waals surface area contributed by atoms with E-state index in [2.05, 4.69) is 27.7 Å². The molecule has 0 bridgehead atoms. The van der Waals surface area contributed by atoms with Gasteiger partial charge in [0.1, 0.15) is 0 Å². The van der Waals surface area contributed by atoms with Gasteiger partial charge in [-0.15, -0.1) is 0 Å². The van der Waals surface area contributed by atoms with Crippen LogP contribution >= 0.6 is 0 Å². The molecule has 102 valence electrons. The van der Waals surface area contributed by atoms with Gasteiger partial charge in [0.05, 0.1) is 6.61 Å². The van der Waals surface area contributed by atoms with E-state index in [0.29, 0.717) is 31.5 Å². The van der Waals surface area contributed by atoms with Gasteiger partial charge in [-0.05, 0) is 31.1 Å². The molecule has 0 radical (unpaired) electrons. The zero-order valence-electron chi connectivity index (χ0n) is 11.8. The van der Waals surface area contributed by atoms with Crippen LogP contribution in [0.25, 0.3) is 0 Å². The van der Waals surface area contributed by atoms with Gasteiger partial charge in [0, 0.05) is 19.6 Å². The average Bonchev–Trinajstić information content (AvgIpc) is 2.22. The SMILES string of the molecule is CC(C)CCOCCCC(=O)OCCC(C)C. The summed E-state index contributed by atoms with van der Waals surface area (Å²) in [5.41, 5.74) is 0. The van der Waals surface area contributed by atoms with Crippen LogP contribution in [0.4, 0.5) is 0 Å². The van der Waals surface area contributed by atoms with Gasteiger partial charge in [-0.1, -0.05) is 27.7 Å². The van der Waals surface area contributed by atoms with Crippen LogP contribution in [0, 0.1) is 11.8 Å². The Morgan fingerprint density at radius 1 is 0.941 bits per heavy atom. The highest BCUT2D eigenvalue weighted by Crippen LogP contribution is 2.02. The maximum Gasteiger partial charge on any atom is 0.305 e. The number of rotatable bonds is 10. The Balaban J connectivity index is 3.22. The van der Waals surface area contributed by atoms with Crippen LogP contribution in [-0.4, -0.2) is 25.8 Å². The molecule has 0 saturated carbocycles. The molecule has 3 heteroatoms. The van der Waals surface area contributed by atoms with Crippen LogP contribution in [0.15, 0.2) is 0 Å². The first-order chi connectivity index (χ1) is 8.02. The smallest absolute Gasteiger partial charge is 0.305 e. The van der Waals surface area contributed by atoms with Gasteiger partial charge >= 0.3 is 5.97 Å². The third kappa shape index (κ3) is 13.4. The lowest BCUT2D eigenvalue weighted by Crippen LogP contribution is -2.09. The second kappa shape index (κ2) is 10.6. The molecule has 0 aliphatic heterocycles. The third-order valence-corrected chi connectivity index (χ3v) is 2.47. The highest BCUT2D eigenvalue weighted by molar-refractivity contribution is 5.69. The van der Waals surface area contributed by atoms with Crippen molar-refractivity contribution in [2.45, 2.75) is 53.4 Å². The van der Waals surface area contributed by atoms with E-state index in [9.17, 15) is 4.79 Å². The van der Waals surface area contributed by atoms with E-state index in [1.54, 1.807) is 0 Å². The maximum atomic E-state index is 11.3. The minimum Gasteiger partial charge on any atom is -0.466 e. The van der Waals surface area contributed by atoms with E-state index >= 15 is 0 Å². The highest BCUT2D eigenvalue weighted by atomic mass is 16.5. The van der Waals surface area contributed by atoms with Crippen molar-refractivity contribution in [2.75, 3.05) is 19.8 Å². The summed E-state index contributed by atoms with van der Waals surface area (Å²) in [5.74, 6) is 1.16. The lowest BCUT2D eigenvalue weighted by molar-refractivity contribution is -0.144. The Morgan fingerprint density at radius 2 is 1.53 bits per heavy atom. The summed E-state index contributed by atoms with van der Waals surface area (Å²) in [5, 5.41) is 0. The summed E-state index contributed by atoms with van der Waals surface area (Å²) in [4.78, 5) is 11.3. The molecule has 0 spiro atoms. The molecule has 0 aliphatic carbocycles. The molecule has 3 nitrogen and oxygen atoms in total. The van der Waals surface area contributed by atoms with Crippen molar-refractivity contribution < 1.29 is 14.3 Å². The lowest BCUT2D eigenvalue weighted by atomic mass is 10.1. The Hall–Kier alpha value is -0.570. The van der Waals surface area contributed by atoms with E-state index in [-0.39, 0.29) is 5.97 Å². The highest BCUT2D eigenvalue weighted by Gasteiger charge is 2.03. The first-order valence-electron chi connectivity index (χ1n) is 6.75. The average molecular weight is 244 g/mol. The predicted molar refractivity (Wildman–Crippen MR) is 69.9 cm³/mol. The van der Waals surface area contributed by atoms with Crippen LogP contribution < -0.4 is 0 Å². The van der Waals surface area contributed by atoms with Crippen LogP contribution in [0.1, 0.15) is 53.4 Å². The fraction of sp³-hybridized carbons (Fsp3) is 0.929. The van der Waals surface area contributed by atoms with Crippen molar-refractivity contribution in [3.05, 3.63) is 0 Å². The number of hydrogen-bond donors (Lipinski definition) is 0. The van der Waals surface area contributed by atoms with Gasteiger partial charge in [-0.25, -0.2) is 0 Å². The first-order valence-corrected chi connectivity index (χ1v) is 6.75. The standard InChI is InChI=1S/C14H28O3/c1-12(2)7-10-16-9-5-6-14(15)17-11-8-13(3)4/h12-13H,5-11H2,1-4H3. The minimum absolute atomic E-state index is 0.0990. The van der Waals surface area contributed by atoms with Crippen molar-refractivity contribution in [1.82, 2.24) is 0 Å². The predicted octanol–water partition coefficient (Wildman–Crippen LogP) is 3.42. The topological polar surface area (TPSA) is 35.5 Å². The van der Waals surface area contributed by atoms with Gasteiger partial charge in [-0.3, -0.25) is 4.79 Å². The molecule has 0 aromatic carbocycles. The van der Waals surface area contributed by atoms with Crippen molar-refractivity contribution in [3.63, 3.8) is 0 Å². The first kappa shape index (κ1) is 16.4. The van der Waals surface area contributed by atoms with Crippen molar-refractivity contribution in [2.24, 2.45) is 11.8 Å².